The van der Waals surface area contributed by atoms with E-state index < -0.39 is 6.10 Å². The van der Waals surface area contributed by atoms with Crippen LogP contribution in [0.5, 0.6) is 0 Å². The molecule has 0 aliphatic rings. The third kappa shape index (κ3) is 6.20. The third-order valence-corrected chi connectivity index (χ3v) is 2.78. The standard InChI is InChI=1S/C14H21FN2O2/c1-2-3-4-9-16-14(19)17-10-13(18)11-5-7-12(15)8-6-11/h5-8,13,18H,2-4,9-10H2,1H3,(H2,16,17,19). The smallest absolute Gasteiger partial charge is 0.314 e. The van der Waals surface area contributed by atoms with Gasteiger partial charge < -0.3 is 15.7 Å². The minimum Gasteiger partial charge on any atom is -0.387 e. The molecule has 0 radical (unpaired) electrons. The van der Waals surface area contributed by atoms with Crippen LogP contribution in [0.2, 0.25) is 0 Å². The number of nitrogens with one attached hydrogen (secondary N) is 2. The summed E-state index contributed by atoms with van der Waals surface area (Å²) < 4.78 is 12.7. The normalized spacial score (nSPS) is 11.9. The van der Waals surface area contributed by atoms with Gasteiger partial charge in [-0.2, -0.15) is 0 Å². The van der Waals surface area contributed by atoms with Crippen LogP contribution < -0.4 is 10.6 Å². The number of hydrogen-bond donors (Lipinski definition) is 3. The van der Waals surface area contributed by atoms with Gasteiger partial charge in [0.2, 0.25) is 0 Å². The number of urea groups is 1. The van der Waals surface area contributed by atoms with Crippen molar-refractivity contribution in [3.05, 3.63) is 35.6 Å². The monoisotopic (exact) mass is 268 g/mol. The molecular weight excluding hydrogens is 247 g/mol. The Morgan fingerprint density at radius 3 is 2.58 bits per heavy atom. The Bertz CT molecular complexity index is 382. The van der Waals surface area contributed by atoms with Crippen LogP contribution >= 0.6 is 0 Å². The van der Waals surface area contributed by atoms with Gasteiger partial charge in [-0.25, -0.2) is 9.18 Å². The van der Waals surface area contributed by atoms with Gasteiger partial charge in [-0.3, -0.25) is 0 Å². The minimum atomic E-state index is -0.831. The molecule has 5 heteroatoms. The summed E-state index contributed by atoms with van der Waals surface area (Å²) in [7, 11) is 0. The first kappa shape index (κ1) is 15.4. The van der Waals surface area contributed by atoms with E-state index in [2.05, 4.69) is 17.6 Å². The van der Waals surface area contributed by atoms with Crippen LogP contribution in [0.3, 0.4) is 0 Å². The Morgan fingerprint density at radius 2 is 1.95 bits per heavy atom. The average Bonchev–Trinajstić information content (AvgIpc) is 2.42. The molecule has 1 aromatic carbocycles. The number of amides is 2. The number of aliphatic hydroxyl groups excluding tert-OH is 1. The largest absolute Gasteiger partial charge is 0.387 e. The van der Waals surface area contributed by atoms with E-state index in [0.29, 0.717) is 12.1 Å². The first-order valence-electron chi connectivity index (χ1n) is 6.58. The van der Waals surface area contributed by atoms with E-state index in [4.69, 9.17) is 0 Å². The molecule has 3 N–H and O–H groups in total. The topological polar surface area (TPSA) is 61.4 Å². The maximum atomic E-state index is 12.7. The van der Waals surface area contributed by atoms with Gasteiger partial charge in [-0.1, -0.05) is 31.9 Å². The third-order valence-electron chi connectivity index (χ3n) is 2.78. The lowest BCUT2D eigenvalue weighted by Crippen LogP contribution is -2.38. The average molecular weight is 268 g/mol. The van der Waals surface area contributed by atoms with Gasteiger partial charge in [0.25, 0.3) is 0 Å². The molecule has 0 aliphatic heterocycles. The molecule has 1 rings (SSSR count). The lowest BCUT2D eigenvalue weighted by Gasteiger charge is -2.13. The SMILES string of the molecule is CCCCCNC(=O)NCC(O)c1ccc(F)cc1. The summed E-state index contributed by atoms with van der Waals surface area (Å²) in [5.41, 5.74) is 0.577. The molecule has 1 unspecified atom stereocenters. The highest BCUT2D eigenvalue weighted by molar-refractivity contribution is 5.73. The highest BCUT2D eigenvalue weighted by atomic mass is 19.1. The number of benzene rings is 1. The summed E-state index contributed by atoms with van der Waals surface area (Å²) in [6.07, 6.45) is 2.30. The Hall–Kier alpha value is -1.62. The molecule has 0 saturated heterocycles. The lowest BCUT2D eigenvalue weighted by molar-refractivity contribution is 0.173. The molecule has 0 saturated carbocycles. The highest BCUT2D eigenvalue weighted by Crippen LogP contribution is 2.12. The maximum Gasteiger partial charge on any atom is 0.314 e. The van der Waals surface area contributed by atoms with E-state index in [9.17, 15) is 14.3 Å². The molecule has 2 amide bonds. The van der Waals surface area contributed by atoms with Crippen molar-refractivity contribution < 1.29 is 14.3 Å². The second-order valence-electron chi connectivity index (χ2n) is 4.41. The second kappa shape index (κ2) is 8.48. The van der Waals surface area contributed by atoms with Crippen LogP contribution in [0.25, 0.3) is 0 Å². The molecule has 0 heterocycles. The molecule has 106 valence electrons. The van der Waals surface area contributed by atoms with Gasteiger partial charge in [0, 0.05) is 13.1 Å². The van der Waals surface area contributed by atoms with E-state index in [0.717, 1.165) is 19.3 Å². The van der Waals surface area contributed by atoms with Gasteiger partial charge in [0.15, 0.2) is 0 Å². The van der Waals surface area contributed by atoms with Gasteiger partial charge in [0.1, 0.15) is 5.82 Å². The number of unbranched alkanes of at least 4 members (excludes halogenated alkanes) is 2. The zero-order valence-electron chi connectivity index (χ0n) is 11.2. The van der Waals surface area contributed by atoms with Crippen LogP contribution in [0.4, 0.5) is 9.18 Å². The number of rotatable bonds is 7. The number of hydrogen-bond acceptors (Lipinski definition) is 2. The number of carbonyl (C=O) groups excluding carboxylic acids is 1. The van der Waals surface area contributed by atoms with Crippen molar-refractivity contribution in [3.63, 3.8) is 0 Å². The molecule has 0 bridgehead atoms. The van der Waals surface area contributed by atoms with Crippen molar-refractivity contribution in [1.29, 1.82) is 0 Å². The lowest BCUT2D eigenvalue weighted by atomic mass is 10.1. The van der Waals surface area contributed by atoms with Crippen molar-refractivity contribution in [1.82, 2.24) is 10.6 Å². The van der Waals surface area contributed by atoms with Crippen LogP contribution in [-0.2, 0) is 0 Å². The van der Waals surface area contributed by atoms with Crippen LogP contribution in [-0.4, -0.2) is 24.2 Å². The van der Waals surface area contributed by atoms with Crippen molar-refractivity contribution in [2.45, 2.75) is 32.3 Å². The Balaban J connectivity index is 2.24. The highest BCUT2D eigenvalue weighted by Gasteiger charge is 2.09. The van der Waals surface area contributed by atoms with E-state index >= 15 is 0 Å². The van der Waals surface area contributed by atoms with Gasteiger partial charge in [-0.05, 0) is 24.1 Å². The molecule has 0 aromatic heterocycles. The summed E-state index contributed by atoms with van der Waals surface area (Å²) in [5.74, 6) is -0.349. The number of aliphatic hydroxyl groups is 1. The van der Waals surface area contributed by atoms with E-state index in [-0.39, 0.29) is 18.4 Å². The Morgan fingerprint density at radius 1 is 1.26 bits per heavy atom. The Kier molecular flexibility index (Phi) is 6.89. The summed E-state index contributed by atoms with van der Waals surface area (Å²) >= 11 is 0. The molecule has 1 aromatic rings. The zero-order chi connectivity index (χ0) is 14.1. The van der Waals surface area contributed by atoms with Crippen LogP contribution in [0.1, 0.15) is 37.9 Å². The van der Waals surface area contributed by atoms with E-state index in [1.807, 2.05) is 0 Å². The second-order valence-corrected chi connectivity index (χ2v) is 4.41. The maximum absolute atomic E-state index is 12.7. The first-order chi connectivity index (χ1) is 9.13. The molecular formula is C14H21FN2O2. The zero-order valence-corrected chi connectivity index (χ0v) is 11.2. The van der Waals surface area contributed by atoms with Crippen molar-refractivity contribution in [2.75, 3.05) is 13.1 Å². The predicted octanol–water partition coefficient (Wildman–Crippen LogP) is 2.35. The summed E-state index contributed by atoms with van der Waals surface area (Å²) in [6, 6.07) is 5.27. The summed E-state index contributed by atoms with van der Waals surface area (Å²) in [6.45, 7) is 2.83. The molecule has 0 aliphatic carbocycles. The van der Waals surface area contributed by atoms with Crippen LogP contribution in [0.15, 0.2) is 24.3 Å². The number of carbonyl (C=O) groups is 1. The fourth-order valence-electron chi connectivity index (χ4n) is 1.63. The minimum absolute atomic E-state index is 0.102. The predicted molar refractivity (Wildman–Crippen MR) is 72.3 cm³/mol. The fourth-order valence-corrected chi connectivity index (χ4v) is 1.63. The Labute approximate surface area is 113 Å². The van der Waals surface area contributed by atoms with E-state index in [1.165, 1.54) is 24.3 Å². The molecule has 19 heavy (non-hydrogen) atoms. The van der Waals surface area contributed by atoms with Gasteiger partial charge in [-0.15, -0.1) is 0 Å². The quantitative estimate of drug-likeness (QED) is 0.665. The summed E-state index contributed by atoms with van der Waals surface area (Å²) in [5, 5.41) is 15.1. The summed E-state index contributed by atoms with van der Waals surface area (Å²) in [4.78, 5) is 11.4. The van der Waals surface area contributed by atoms with Crippen molar-refractivity contribution >= 4 is 6.03 Å². The first-order valence-corrected chi connectivity index (χ1v) is 6.58. The molecule has 0 fully saturated rings. The molecule has 1 atom stereocenters. The fraction of sp³-hybridized carbons (Fsp3) is 0.500. The molecule has 4 nitrogen and oxygen atoms in total. The van der Waals surface area contributed by atoms with Crippen molar-refractivity contribution in [3.8, 4) is 0 Å². The molecule has 0 spiro atoms. The van der Waals surface area contributed by atoms with E-state index in [1.54, 1.807) is 0 Å². The van der Waals surface area contributed by atoms with Gasteiger partial charge >= 0.3 is 6.03 Å². The van der Waals surface area contributed by atoms with Crippen LogP contribution in [0, 0.1) is 5.82 Å². The van der Waals surface area contributed by atoms with Gasteiger partial charge in [0.05, 0.1) is 6.10 Å². The van der Waals surface area contributed by atoms with Crippen molar-refractivity contribution in [2.24, 2.45) is 0 Å². The number of halogens is 1.